The van der Waals surface area contributed by atoms with Crippen molar-refractivity contribution in [3.8, 4) is 5.75 Å². The predicted octanol–water partition coefficient (Wildman–Crippen LogP) is 3.92. The van der Waals surface area contributed by atoms with E-state index in [9.17, 15) is 9.50 Å². The molecule has 108 valence electrons. The van der Waals surface area contributed by atoms with Crippen LogP contribution in [-0.2, 0) is 0 Å². The van der Waals surface area contributed by atoms with Gasteiger partial charge in [0.05, 0.1) is 12.8 Å². The van der Waals surface area contributed by atoms with Crippen LogP contribution in [0.2, 0.25) is 0 Å². The second kappa shape index (κ2) is 5.79. The Hall–Kier alpha value is -1.98. The van der Waals surface area contributed by atoms with Crippen LogP contribution in [-0.4, -0.2) is 16.7 Å². The van der Waals surface area contributed by atoms with E-state index in [1.807, 2.05) is 13.0 Å². The average molecular weight is 303 g/mol. The number of fused-ring (bicyclic) bond motifs is 1. The van der Waals surface area contributed by atoms with E-state index in [2.05, 4.69) is 4.98 Å². The second-order valence-electron chi connectivity index (χ2n) is 4.62. The zero-order valence-corrected chi connectivity index (χ0v) is 12.2. The number of hydrogen-bond acceptors (Lipinski definition) is 4. The van der Waals surface area contributed by atoms with Gasteiger partial charge in [0.15, 0.2) is 0 Å². The first kappa shape index (κ1) is 14.0. The minimum atomic E-state index is -0.793. The smallest absolute Gasteiger partial charge is 0.137 e. The lowest BCUT2D eigenvalue weighted by molar-refractivity contribution is 0.223. The fraction of sp³-hybridized carbons (Fsp3) is 0.188. The van der Waals surface area contributed by atoms with E-state index in [-0.39, 0.29) is 5.82 Å². The largest absolute Gasteiger partial charge is 0.492 e. The molecule has 3 aromatic rings. The quantitative estimate of drug-likeness (QED) is 0.794. The fourth-order valence-corrected chi connectivity index (χ4v) is 3.26. The van der Waals surface area contributed by atoms with E-state index >= 15 is 0 Å². The highest BCUT2D eigenvalue weighted by atomic mass is 32.1. The van der Waals surface area contributed by atoms with Crippen LogP contribution in [0.25, 0.3) is 10.1 Å². The van der Waals surface area contributed by atoms with Gasteiger partial charge in [-0.25, -0.2) is 4.39 Å². The number of aromatic nitrogens is 1. The molecule has 0 aliphatic carbocycles. The molecule has 1 aromatic carbocycles. The van der Waals surface area contributed by atoms with Crippen LogP contribution in [0.1, 0.15) is 23.5 Å². The van der Waals surface area contributed by atoms with E-state index < -0.39 is 6.10 Å². The number of rotatable bonds is 4. The Morgan fingerprint density at radius 1 is 1.29 bits per heavy atom. The molecule has 0 aliphatic rings. The number of halogens is 1. The van der Waals surface area contributed by atoms with E-state index in [4.69, 9.17) is 4.74 Å². The first-order valence-corrected chi connectivity index (χ1v) is 7.44. The molecule has 0 saturated heterocycles. The van der Waals surface area contributed by atoms with E-state index in [1.165, 1.54) is 23.5 Å². The number of nitrogens with zero attached hydrogens (tertiary/aromatic N) is 1. The summed E-state index contributed by atoms with van der Waals surface area (Å²) in [7, 11) is 0. The molecule has 5 heteroatoms. The molecule has 3 rings (SSSR count). The second-order valence-corrected chi connectivity index (χ2v) is 5.74. The molecule has 21 heavy (non-hydrogen) atoms. The maximum atomic E-state index is 13.2. The molecule has 1 N–H and O–H groups in total. The first-order valence-electron chi connectivity index (χ1n) is 6.62. The Labute approximate surface area is 125 Å². The molecule has 1 atom stereocenters. The van der Waals surface area contributed by atoms with Gasteiger partial charge in [0.25, 0.3) is 0 Å². The van der Waals surface area contributed by atoms with Gasteiger partial charge in [-0.05, 0) is 36.6 Å². The molecular weight excluding hydrogens is 289 g/mol. The highest BCUT2D eigenvalue weighted by molar-refractivity contribution is 7.19. The predicted molar refractivity (Wildman–Crippen MR) is 81.3 cm³/mol. The van der Waals surface area contributed by atoms with Crippen molar-refractivity contribution >= 4 is 21.4 Å². The maximum absolute atomic E-state index is 13.2. The monoisotopic (exact) mass is 303 g/mol. The molecule has 0 saturated carbocycles. The third-order valence-corrected chi connectivity index (χ3v) is 4.28. The van der Waals surface area contributed by atoms with Gasteiger partial charge in [-0.15, -0.1) is 11.3 Å². The Kier molecular flexibility index (Phi) is 3.86. The number of ether oxygens (including phenoxy) is 1. The van der Waals surface area contributed by atoms with Gasteiger partial charge in [0.1, 0.15) is 17.7 Å². The van der Waals surface area contributed by atoms with E-state index in [0.717, 1.165) is 15.0 Å². The number of aliphatic hydroxyl groups excluding tert-OH is 1. The molecule has 0 radical (unpaired) electrons. The van der Waals surface area contributed by atoms with E-state index in [1.54, 1.807) is 24.5 Å². The summed E-state index contributed by atoms with van der Waals surface area (Å²) < 4.78 is 19.4. The van der Waals surface area contributed by atoms with Crippen LogP contribution in [0, 0.1) is 5.82 Å². The van der Waals surface area contributed by atoms with Crippen molar-refractivity contribution in [3.63, 3.8) is 0 Å². The minimum absolute atomic E-state index is 0.273. The van der Waals surface area contributed by atoms with Crippen molar-refractivity contribution in [2.75, 3.05) is 6.61 Å². The molecule has 0 bridgehead atoms. The Bertz CT molecular complexity index is 772. The third-order valence-electron chi connectivity index (χ3n) is 3.13. The summed E-state index contributed by atoms with van der Waals surface area (Å²) in [5, 5.41) is 11.4. The van der Waals surface area contributed by atoms with Crippen molar-refractivity contribution in [2.45, 2.75) is 13.0 Å². The summed E-state index contributed by atoms with van der Waals surface area (Å²) in [5.41, 5.74) is 0.660. The summed E-state index contributed by atoms with van der Waals surface area (Å²) in [6.45, 7) is 2.44. The number of thiophene rings is 1. The molecule has 0 spiro atoms. The number of benzene rings is 1. The van der Waals surface area contributed by atoms with Gasteiger partial charge < -0.3 is 9.84 Å². The zero-order chi connectivity index (χ0) is 14.8. The van der Waals surface area contributed by atoms with Gasteiger partial charge >= 0.3 is 0 Å². The van der Waals surface area contributed by atoms with Gasteiger partial charge in [-0.3, -0.25) is 4.98 Å². The van der Waals surface area contributed by atoms with Crippen LogP contribution in [0.4, 0.5) is 4.39 Å². The highest BCUT2D eigenvalue weighted by Gasteiger charge is 2.15. The minimum Gasteiger partial charge on any atom is -0.492 e. The summed E-state index contributed by atoms with van der Waals surface area (Å²) in [4.78, 5) is 4.83. The summed E-state index contributed by atoms with van der Waals surface area (Å²) in [6.07, 6.45) is 2.43. The standard InChI is InChI=1S/C16H14FNO2S/c1-2-20-13-5-11(8-18-9-13)16(19)15-6-10-3-4-12(17)7-14(10)21-15/h3-9,16,19H,2H2,1H3. The summed E-state index contributed by atoms with van der Waals surface area (Å²) in [5.74, 6) is 0.353. The SMILES string of the molecule is CCOc1cncc(C(O)c2cc3ccc(F)cc3s2)c1. The molecule has 2 aromatic heterocycles. The maximum Gasteiger partial charge on any atom is 0.137 e. The third kappa shape index (κ3) is 2.89. The van der Waals surface area contributed by atoms with E-state index in [0.29, 0.717) is 17.9 Å². The van der Waals surface area contributed by atoms with Crippen LogP contribution in [0.5, 0.6) is 5.75 Å². The van der Waals surface area contributed by atoms with Crippen molar-refractivity contribution < 1.29 is 14.2 Å². The highest BCUT2D eigenvalue weighted by Crippen LogP contribution is 2.34. The molecule has 0 aliphatic heterocycles. The average Bonchev–Trinajstić information content (AvgIpc) is 2.90. The lowest BCUT2D eigenvalue weighted by atomic mass is 10.1. The van der Waals surface area contributed by atoms with Crippen LogP contribution >= 0.6 is 11.3 Å². The van der Waals surface area contributed by atoms with Gasteiger partial charge in [0, 0.05) is 21.3 Å². The van der Waals surface area contributed by atoms with Gasteiger partial charge in [-0.1, -0.05) is 6.07 Å². The lowest BCUT2D eigenvalue weighted by Crippen LogP contribution is -1.99. The topological polar surface area (TPSA) is 42.4 Å². The molecule has 1 unspecified atom stereocenters. The Morgan fingerprint density at radius 3 is 2.95 bits per heavy atom. The normalized spacial score (nSPS) is 12.5. The molecule has 0 amide bonds. The van der Waals surface area contributed by atoms with Gasteiger partial charge in [-0.2, -0.15) is 0 Å². The number of aliphatic hydroxyl groups is 1. The summed E-state index contributed by atoms with van der Waals surface area (Å²) in [6, 6.07) is 8.25. The fourth-order valence-electron chi connectivity index (χ4n) is 2.16. The van der Waals surface area contributed by atoms with Crippen molar-refractivity contribution in [2.24, 2.45) is 0 Å². The number of hydrogen-bond donors (Lipinski definition) is 1. The van der Waals surface area contributed by atoms with Crippen molar-refractivity contribution in [1.82, 2.24) is 4.98 Å². The van der Waals surface area contributed by atoms with Crippen molar-refractivity contribution in [3.05, 3.63) is 59.0 Å². The van der Waals surface area contributed by atoms with Crippen LogP contribution < -0.4 is 4.74 Å². The first-order chi connectivity index (χ1) is 10.2. The lowest BCUT2D eigenvalue weighted by Gasteiger charge is -2.10. The molecule has 0 fully saturated rings. The molecule has 3 nitrogen and oxygen atoms in total. The Balaban J connectivity index is 1.95. The number of pyridine rings is 1. The van der Waals surface area contributed by atoms with Crippen LogP contribution in [0.15, 0.2) is 42.7 Å². The summed E-state index contributed by atoms with van der Waals surface area (Å²) >= 11 is 1.37. The van der Waals surface area contributed by atoms with Crippen molar-refractivity contribution in [1.29, 1.82) is 0 Å². The molecular formula is C16H14FNO2S. The zero-order valence-electron chi connectivity index (χ0n) is 11.4. The van der Waals surface area contributed by atoms with Gasteiger partial charge in [0.2, 0.25) is 0 Å². The molecule has 2 heterocycles. The van der Waals surface area contributed by atoms with Crippen LogP contribution in [0.3, 0.4) is 0 Å². The Morgan fingerprint density at radius 2 is 2.14 bits per heavy atom.